The number of hydrogen-bond acceptors (Lipinski definition) is 3. The van der Waals surface area contributed by atoms with E-state index in [4.69, 9.17) is 5.73 Å². The summed E-state index contributed by atoms with van der Waals surface area (Å²) in [5.74, 6) is -0.0479. The predicted molar refractivity (Wildman–Crippen MR) is 100 cm³/mol. The first-order valence-electron chi connectivity index (χ1n) is 8.53. The molecule has 0 aliphatic rings. The maximum Gasteiger partial charge on any atom is 0.251 e. The maximum atomic E-state index is 12.1. The zero-order valence-corrected chi connectivity index (χ0v) is 14.5. The zero-order valence-electron chi connectivity index (χ0n) is 14.5. The molecule has 1 unspecified atom stereocenters. The molecule has 24 heavy (non-hydrogen) atoms. The van der Waals surface area contributed by atoms with Crippen molar-refractivity contribution in [2.75, 3.05) is 18.0 Å². The number of rotatable bonds is 8. The van der Waals surface area contributed by atoms with Crippen molar-refractivity contribution in [1.82, 2.24) is 5.32 Å². The summed E-state index contributed by atoms with van der Waals surface area (Å²) in [5.41, 5.74) is 8.77. The second-order valence-electron chi connectivity index (χ2n) is 6.07. The smallest absolute Gasteiger partial charge is 0.251 e. The third-order valence-corrected chi connectivity index (χ3v) is 3.98. The van der Waals surface area contributed by atoms with E-state index in [9.17, 15) is 4.79 Å². The quantitative estimate of drug-likeness (QED) is 0.784. The zero-order chi connectivity index (χ0) is 17.4. The highest BCUT2D eigenvalue weighted by Gasteiger charge is 2.08. The lowest BCUT2D eigenvalue weighted by Crippen LogP contribution is -2.29. The van der Waals surface area contributed by atoms with E-state index in [0.717, 1.165) is 25.2 Å². The number of benzene rings is 2. The maximum absolute atomic E-state index is 12.1. The summed E-state index contributed by atoms with van der Waals surface area (Å²) >= 11 is 0. The second kappa shape index (κ2) is 9.08. The van der Waals surface area contributed by atoms with Gasteiger partial charge in [0.15, 0.2) is 0 Å². The summed E-state index contributed by atoms with van der Waals surface area (Å²) in [6.45, 7) is 6.45. The predicted octanol–water partition coefficient (Wildman–Crippen LogP) is 3.18. The van der Waals surface area contributed by atoms with Crippen LogP contribution in [0.3, 0.4) is 0 Å². The van der Waals surface area contributed by atoms with Gasteiger partial charge in [0, 0.05) is 36.9 Å². The first-order chi connectivity index (χ1) is 11.6. The monoisotopic (exact) mass is 325 g/mol. The van der Waals surface area contributed by atoms with Crippen molar-refractivity contribution in [3.8, 4) is 0 Å². The van der Waals surface area contributed by atoms with Crippen LogP contribution < -0.4 is 16.0 Å². The number of nitrogens with two attached hydrogens (primary N) is 1. The topological polar surface area (TPSA) is 58.4 Å². The van der Waals surface area contributed by atoms with Crippen molar-refractivity contribution in [3.63, 3.8) is 0 Å². The molecular formula is C20H27N3O. The van der Waals surface area contributed by atoms with Gasteiger partial charge in [-0.05, 0) is 50.1 Å². The average Bonchev–Trinajstić information content (AvgIpc) is 2.60. The van der Waals surface area contributed by atoms with Crippen LogP contribution in [-0.2, 0) is 6.54 Å². The Labute approximate surface area is 144 Å². The third-order valence-electron chi connectivity index (χ3n) is 3.98. The van der Waals surface area contributed by atoms with E-state index in [0.29, 0.717) is 12.1 Å². The van der Waals surface area contributed by atoms with Crippen molar-refractivity contribution in [3.05, 3.63) is 65.7 Å². The molecule has 0 fully saturated rings. The Balaban J connectivity index is 1.97. The number of hydrogen-bond donors (Lipinski definition) is 2. The van der Waals surface area contributed by atoms with Gasteiger partial charge in [-0.3, -0.25) is 4.79 Å². The third kappa shape index (κ3) is 5.39. The van der Waals surface area contributed by atoms with Gasteiger partial charge in [0.1, 0.15) is 0 Å². The lowest BCUT2D eigenvalue weighted by molar-refractivity contribution is 0.0953. The summed E-state index contributed by atoms with van der Waals surface area (Å²) in [5, 5.41) is 2.90. The molecule has 0 heterocycles. The number of carbonyl (C=O) groups is 1. The van der Waals surface area contributed by atoms with Gasteiger partial charge in [0.25, 0.3) is 5.91 Å². The molecule has 4 heteroatoms. The minimum atomic E-state index is -0.0479. The van der Waals surface area contributed by atoms with Crippen LogP contribution in [0.15, 0.2) is 54.6 Å². The Morgan fingerprint density at radius 3 is 2.38 bits per heavy atom. The average molecular weight is 325 g/mol. The highest BCUT2D eigenvalue weighted by Crippen LogP contribution is 2.18. The highest BCUT2D eigenvalue weighted by atomic mass is 16.1. The van der Waals surface area contributed by atoms with Crippen molar-refractivity contribution in [2.24, 2.45) is 5.73 Å². The van der Waals surface area contributed by atoms with Gasteiger partial charge < -0.3 is 16.0 Å². The van der Waals surface area contributed by atoms with Crippen LogP contribution in [0.2, 0.25) is 0 Å². The summed E-state index contributed by atoms with van der Waals surface area (Å²) in [6.07, 6.45) is 0.782. The van der Waals surface area contributed by atoms with Crippen LogP contribution in [0.1, 0.15) is 36.2 Å². The fraction of sp³-hybridized carbons (Fsp3) is 0.350. The molecule has 4 nitrogen and oxygen atoms in total. The molecule has 0 saturated carbocycles. The normalized spacial score (nSPS) is 11.8. The molecule has 128 valence electrons. The largest absolute Gasteiger partial charge is 0.367 e. The molecular weight excluding hydrogens is 298 g/mol. The fourth-order valence-electron chi connectivity index (χ4n) is 2.53. The number of nitrogens with one attached hydrogen (secondary N) is 1. The van der Waals surface area contributed by atoms with Gasteiger partial charge in [-0.1, -0.05) is 30.3 Å². The van der Waals surface area contributed by atoms with E-state index < -0.39 is 0 Å². The molecule has 0 aliphatic heterocycles. The van der Waals surface area contributed by atoms with Crippen molar-refractivity contribution < 1.29 is 4.79 Å². The Morgan fingerprint density at radius 1 is 1.12 bits per heavy atom. The van der Waals surface area contributed by atoms with Gasteiger partial charge in [-0.15, -0.1) is 0 Å². The van der Waals surface area contributed by atoms with Crippen LogP contribution in [0, 0.1) is 0 Å². The van der Waals surface area contributed by atoms with Crippen molar-refractivity contribution in [2.45, 2.75) is 32.9 Å². The minimum absolute atomic E-state index is 0.0479. The van der Waals surface area contributed by atoms with Crippen molar-refractivity contribution >= 4 is 11.6 Å². The van der Waals surface area contributed by atoms with E-state index in [-0.39, 0.29) is 11.9 Å². The van der Waals surface area contributed by atoms with Gasteiger partial charge >= 0.3 is 0 Å². The van der Waals surface area contributed by atoms with Crippen molar-refractivity contribution in [1.29, 1.82) is 0 Å². The number of anilines is 1. The van der Waals surface area contributed by atoms with E-state index in [1.54, 1.807) is 0 Å². The summed E-state index contributed by atoms with van der Waals surface area (Å²) in [6, 6.07) is 18.3. The summed E-state index contributed by atoms with van der Waals surface area (Å²) < 4.78 is 0. The summed E-state index contributed by atoms with van der Waals surface area (Å²) in [4.78, 5) is 14.4. The molecule has 0 aliphatic carbocycles. The SMILES string of the molecule is CCN(Cc1ccccc1)c1ccc(C(=O)NCCC(C)N)cc1. The molecule has 2 aromatic carbocycles. The van der Waals surface area contributed by atoms with E-state index in [1.165, 1.54) is 5.56 Å². The van der Waals surface area contributed by atoms with Crippen LogP contribution in [0.5, 0.6) is 0 Å². The van der Waals surface area contributed by atoms with Crippen LogP contribution >= 0.6 is 0 Å². The number of amides is 1. The van der Waals surface area contributed by atoms with Crippen LogP contribution in [-0.4, -0.2) is 25.0 Å². The van der Waals surface area contributed by atoms with Crippen LogP contribution in [0.4, 0.5) is 5.69 Å². The molecule has 0 bridgehead atoms. The van der Waals surface area contributed by atoms with Gasteiger partial charge in [0.2, 0.25) is 0 Å². The first kappa shape index (κ1) is 18.0. The fourth-order valence-corrected chi connectivity index (χ4v) is 2.53. The van der Waals surface area contributed by atoms with E-state index in [1.807, 2.05) is 37.3 Å². The minimum Gasteiger partial charge on any atom is -0.367 e. The second-order valence-corrected chi connectivity index (χ2v) is 6.07. The molecule has 0 aromatic heterocycles. The van der Waals surface area contributed by atoms with Gasteiger partial charge in [-0.25, -0.2) is 0 Å². The van der Waals surface area contributed by atoms with Crippen LogP contribution in [0.25, 0.3) is 0 Å². The summed E-state index contributed by atoms with van der Waals surface area (Å²) in [7, 11) is 0. The number of nitrogens with zero attached hydrogens (tertiary/aromatic N) is 1. The lowest BCUT2D eigenvalue weighted by atomic mass is 10.1. The van der Waals surface area contributed by atoms with Gasteiger partial charge in [-0.2, -0.15) is 0 Å². The molecule has 1 amide bonds. The molecule has 0 radical (unpaired) electrons. The van der Waals surface area contributed by atoms with Gasteiger partial charge in [0.05, 0.1) is 0 Å². The molecule has 1 atom stereocenters. The Kier molecular flexibility index (Phi) is 6.82. The lowest BCUT2D eigenvalue weighted by Gasteiger charge is -2.23. The number of carbonyl (C=O) groups excluding carboxylic acids is 1. The van der Waals surface area contributed by atoms with E-state index in [2.05, 4.69) is 41.4 Å². The molecule has 2 rings (SSSR count). The molecule has 0 spiro atoms. The Morgan fingerprint density at radius 2 is 1.79 bits per heavy atom. The Bertz CT molecular complexity index is 623. The first-order valence-corrected chi connectivity index (χ1v) is 8.53. The Hall–Kier alpha value is -2.33. The molecule has 0 saturated heterocycles. The standard InChI is InChI=1S/C20H27N3O/c1-3-23(15-17-7-5-4-6-8-17)19-11-9-18(10-12-19)20(24)22-14-13-16(2)21/h4-12,16H,3,13-15,21H2,1-2H3,(H,22,24). The highest BCUT2D eigenvalue weighted by molar-refractivity contribution is 5.94. The molecule has 2 aromatic rings. The molecule has 3 N–H and O–H groups in total. The van der Waals surface area contributed by atoms with E-state index >= 15 is 0 Å².